The fourth-order valence-corrected chi connectivity index (χ4v) is 2.78. The van der Waals surface area contributed by atoms with Gasteiger partial charge in [-0.15, -0.1) is 0 Å². The van der Waals surface area contributed by atoms with Crippen LogP contribution in [0.15, 0.2) is 18.2 Å². The molecule has 0 bridgehead atoms. The summed E-state index contributed by atoms with van der Waals surface area (Å²) in [5, 5.41) is 10.2. The maximum atomic E-state index is 13.3. The fraction of sp³-hybridized carbons (Fsp3) is 0.600. The van der Waals surface area contributed by atoms with Gasteiger partial charge in [0, 0.05) is 31.6 Å². The molecule has 0 radical (unpaired) electrons. The van der Waals surface area contributed by atoms with Crippen LogP contribution in [0.25, 0.3) is 0 Å². The molecule has 0 fully saturated rings. The zero-order valence-electron chi connectivity index (χ0n) is 11.9. The molecule has 1 aromatic carbocycles. The second-order valence-electron chi connectivity index (χ2n) is 6.09. The van der Waals surface area contributed by atoms with Crippen LogP contribution < -0.4 is 4.74 Å². The molecule has 0 saturated carbocycles. The molecular weight excluding hydrogens is 247 g/mol. The van der Waals surface area contributed by atoms with Crippen LogP contribution in [0.3, 0.4) is 0 Å². The van der Waals surface area contributed by atoms with Crippen molar-refractivity contribution in [1.29, 1.82) is 0 Å². The van der Waals surface area contributed by atoms with Crippen molar-refractivity contribution in [2.45, 2.75) is 50.9 Å². The lowest BCUT2D eigenvalue weighted by molar-refractivity contribution is -0.0747. The van der Waals surface area contributed by atoms with Gasteiger partial charge in [-0.05, 0) is 32.9 Å². The number of methoxy groups -OCH3 is 1. The first kappa shape index (κ1) is 14.3. The Labute approximate surface area is 113 Å². The number of hydrogen-bond acceptors (Lipinski definition) is 3. The van der Waals surface area contributed by atoms with Gasteiger partial charge >= 0.3 is 0 Å². The molecule has 1 aromatic rings. The highest BCUT2D eigenvalue weighted by Gasteiger charge is 2.40. The molecule has 19 heavy (non-hydrogen) atoms. The minimum atomic E-state index is -0.637. The summed E-state index contributed by atoms with van der Waals surface area (Å²) in [6.45, 7) is 5.86. The molecule has 4 heteroatoms. The van der Waals surface area contributed by atoms with E-state index in [9.17, 15) is 9.50 Å². The van der Waals surface area contributed by atoms with Crippen molar-refractivity contribution in [2.24, 2.45) is 0 Å². The van der Waals surface area contributed by atoms with Gasteiger partial charge in [0.1, 0.15) is 17.2 Å². The van der Waals surface area contributed by atoms with Gasteiger partial charge in [0.05, 0.1) is 11.7 Å². The summed E-state index contributed by atoms with van der Waals surface area (Å²) in [5.41, 5.74) is -0.284. The Balaban J connectivity index is 2.28. The molecule has 1 N–H and O–H groups in total. The van der Waals surface area contributed by atoms with Gasteiger partial charge in [-0.25, -0.2) is 4.39 Å². The first-order valence-electron chi connectivity index (χ1n) is 6.46. The Morgan fingerprint density at radius 1 is 1.53 bits per heavy atom. The van der Waals surface area contributed by atoms with Crippen LogP contribution in [-0.4, -0.2) is 23.4 Å². The van der Waals surface area contributed by atoms with Crippen molar-refractivity contribution in [3.05, 3.63) is 29.6 Å². The lowest BCUT2D eigenvalue weighted by Crippen LogP contribution is -2.44. The Morgan fingerprint density at radius 3 is 2.84 bits per heavy atom. The van der Waals surface area contributed by atoms with Gasteiger partial charge in [-0.1, -0.05) is 0 Å². The van der Waals surface area contributed by atoms with E-state index < -0.39 is 11.7 Å². The van der Waals surface area contributed by atoms with Crippen molar-refractivity contribution in [3.63, 3.8) is 0 Å². The number of aliphatic hydroxyl groups is 1. The lowest BCUT2D eigenvalue weighted by Gasteiger charge is -2.42. The third-order valence-electron chi connectivity index (χ3n) is 3.67. The van der Waals surface area contributed by atoms with E-state index in [-0.39, 0.29) is 11.4 Å². The second-order valence-corrected chi connectivity index (χ2v) is 6.09. The van der Waals surface area contributed by atoms with Crippen molar-refractivity contribution in [3.8, 4) is 5.75 Å². The SMILES string of the molecule is COC(C)(C)CC1(C)CC(O)c2ccc(F)cc2O1. The van der Waals surface area contributed by atoms with Crippen LogP contribution in [0.5, 0.6) is 5.75 Å². The minimum Gasteiger partial charge on any atom is -0.487 e. The van der Waals surface area contributed by atoms with Crippen LogP contribution in [0.2, 0.25) is 0 Å². The summed E-state index contributed by atoms with van der Waals surface area (Å²) < 4.78 is 24.6. The van der Waals surface area contributed by atoms with Crippen LogP contribution in [0.4, 0.5) is 4.39 Å². The fourth-order valence-electron chi connectivity index (χ4n) is 2.78. The Kier molecular flexibility index (Phi) is 3.58. The second kappa shape index (κ2) is 4.76. The highest BCUT2D eigenvalue weighted by atomic mass is 19.1. The molecule has 0 aliphatic carbocycles. The van der Waals surface area contributed by atoms with Crippen molar-refractivity contribution < 1.29 is 19.0 Å². The first-order valence-corrected chi connectivity index (χ1v) is 6.46. The van der Waals surface area contributed by atoms with E-state index in [4.69, 9.17) is 9.47 Å². The normalized spacial score (nSPS) is 26.7. The predicted octanol–water partition coefficient (Wildman–Crippen LogP) is 3.22. The molecule has 3 nitrogen and oxygen atoms in total. The van der Waals surface area contributed by atoms with Crippen LogP contribution in [-0.2, 0) is 4.74 Å². The molecule has 0 amide bonds. The highest BCUT2D eigenvalue weighted by Crippen LogP contribution is 2.43. The smallest absolute Gasteiger partial charge is 0.128 e. The summed E-state index contributed by atoms with van der Waals surface area (Å²) in [7, 11) is 1.65. The summed E-state index contributed by atoms with van der Waals surface area (Å²) in [6.07, 6.45) is 0.448. The van der Waals surface area contributed by atoms with E-state index in [0.717, 1.165) is 0 Å². The molecule has 2 rings (SSSR count). The zero-order chi connectivity index (χ0) is 14.3. The Hall–Kier alpha value is -1.13. The summed E-state index contributed by atoms with van der Waals surface area (Å²) in [6, 6.07) is 4.25. The quantitative estimate of drug-likeness (QED) is 0.914. The number of hydrogen-bond donors (Lipinski definition) is 1. The summed E-state index contributed by atoms with van der Waals surface area (Å²) in [5.74, 6) is 0.0642. The van der Waals surface area contributed by atoms with Gasteiger partial charge in [-0.2, -0.15) is 0 Å². The number of benzene rings is 1. The van der Waals surface area contributed by atoms with Crippen LogP contribution in [0.1, 0.15) is 45.3 Å². The number of ether oxygens (including phenoxy) is 2. The standard InChI is InChI=1S/C15H21FO3/c1-14(2,18-4)9-15(3)8-12(17)11-6-5-10(16)7-13(11)19-15/h5-7,12,17H,8-9H2,1-4H3. The van der Waals surface area contributed by atoms with Gasteiger partial charge in [0.25, 0.3) is 0 Å². The van der Waals surface area contributed by atoms with E-state index in [0.29, 0.717) is 24.2 Å². The topological polar surface area (TPSA) is 38.7 Å². The largest absolute Gasteiger partial charge is 0.487 e. The third-order valence-corrected chi connectivity index (χ3v) is 3.67. The molecule has 106 valence electrons. The summed E-state index contributed by atoms with van der Waals surface area (Å²) >= 11 is 0. The molecule has 1 aliphatic rings. The number of aliphatic hydroxyl groups excluding tert-OH is 1. The molecular formula is C15H21FO3. The molecule has 0 aromatic heterocycles. The molecule has 0 saturated heterocycles. The minimum absolute atomic E-state index is 0.360. The average molecular weight is 268 g/mol. The van der Waals surface area contributed by atoms with Gasteiger partial charge in [0.15, 0.2) is 0 Å². The average Bonchev–Trinajstić information content (AvgIpc) is 2.26. The number of halogens is 1. The van der Waals surface area contributed by atoms with E-state index in [1.165, 1.54) is 12.1 Å². The maximum absolute atomic E-state index is 13.3. The van der Waals surface area contributed by atoms with Crippen molar-refractivity contribution in [1.82, 2.24) is 0 Å². The van der Waals surface area contributed by atoms with E-state index >= 15 is 0 Å². The van der Waals surface area contributed by atoms with Gasteiger partial charge in [0.2, 0.25) is 0 Å². The maximum Gasteiger partial charge on any atom is 0.128 e. The first-order chi connectivity index (χ1) is 8.75. The molecule has 1 heterocycles. The van der Waals surface area contributed by atoms with Gasteiger partial charge in [-0.3, -0.25) is 0 Å². The Bertz CT molecular complexity index is 472. The van der Waals surface area contributed by atoms with E-state index in [1.54, 1.807) is 13.2 Å². The highest BCUT2D eigenvalue weighted by molar-refractivity contribution is 5.38. The zero-order valence-corrected chi connectivity index (χ0v) is 11.9. The van der Waals surface area contributed by atoms with Gasteiger partial charge < -0.3 is 14.6 Å². The Morgan fingerprint density at radius 2 is 2.21 bits per heavy atom. The van der Waals surface area contributed by atoms with Crippen LogP contribution in [0, 0.1) is 5.82 Å². The van der Waals surface area contributed by atoms with E-state index in [1.807, 2.05) is 20.8 Å². The molecule has 2 unspecified atom stereocenters. The van der Waals surface area contributed by atoms with Crippen molar-refractivity contribution in [2.75, 3.05) is 7.11 Å². The molecule has 2 atom stereocenters. The number of rotatable bonds is 3. The lowest BCUT2D eigenvalue weighted by atomic mass is 9.82. The monoisotopic (exact) mass is 268 g/mol. The van der Waals surface area contributed by atoms with Crippen molar-refractivity contribution >= 4 is 0 Å². The predicted molar refractivity (Wildman–Crippen MR) is 70.7 cm³/mol. The third kappa shape index (κ3) is 3.07. The molecule has 0 spiro atoms. The summed E-state index contributed by atoms with van der Waals surface area (Å²) in [4.78, 5) is 0. The van der Waals surface area contributed by atoms with E-state index in [2.05, 4.69) is 0 Å². The number of fused-ring (bicyclic) bond motifs is 1. The van der Waals surface area contributed by atoms with Crippen LogP contribution >= 0.6 is 0 Å². The molecule has 1 aliphatic heterocycles.